The van der Waals surface area contributed by atoms with Crippen LogP contribution in [0.5, 0.6) is 17.2 Å². The molecule has 160 valence electrons. The summed E-state index contributed by atoms with van der Waals surface area (Å²) in [6.07, 6.45) is 0.796. The van der Waals surface area contributed by atoms with Gasteiger partial charge in [0.15, 0.2) is 0 Å². The van der Waals surface area contributed by atoms with Crippen LogP contribution >= 0.6 is 0 Å². The summed E-state index contributed by atoms with van der Waals surface area (Å²) >= 11 is 0. The zero-order valence-electron chi connectivity index (χ0n) is 18.0. The summed E-state index contributed by atoms with van der Waals surface area (Å²) < 4.78 is 22.9. The van der Waals surface area contributed by atoms with Crippen LogP contribution in [0, 0.1) is 0 Å². The van der Waals surface area contributed by atoms with Gasteiger partial charge in [0.2, 0.25) is 0 Å². The average Bonchev–Trinajstić information content (AvgIpc) is 2.71. The molecule has 4 N–H and O–H groups in total. The van der Waals surface area contributed by atoms with Crippen LogP contribution in [-0.2, 0) is 4.74 Å². The van der Waals surface area contributed by atoms with Crippen molar-refractivity contribution in [1.29, 1.82) is 0 Å². The van der Waals surface area contributed by atoms with E-state index >= 15 is 0 Å². The van der Waals surface area contributed by atoms with E-state index in [1.807, 2.05) is 58.0 Å². The maximum absolute atomic E-state index is 6.26. The van der Waals surface area contributed by atoms with Gasteiger partial charge in [-0.15, -0.1) is 0 Å². The van der Waals surface area contributed by atoms with Gasteiger partial charge < -0.3 is 30.4 Å². The van der Waals surface area contributed by atoms with E-state index in [4.69, 9.17) is 30.4 Å². The van der Waals surface area contributed by atoms with Crippen LogP contribution in [0.4, 0.5) is 11.4 Å². The normalized spacial score (nSPS) is 11.9. The summed E-state index contributed by atoms with van der Waals surface area (Å²) in [4.78, 5) is 0. The molecule has 0 bridgehead atoms. The molecule has 0 heterocycles. The largest absolute Gasteiger partial charge is 0.492 e. The Kier molecular flexibility index (Phi) is 8.93. The topological polar surface area (TPSA) is 89.0 Å². The van der Waals surface area contributed by atoms with Gasteiger partial charge in [0.1, 0.15) is 22.9 Å². The molecule has 0 aliphatic heterocycles. The molecule has 0 aliphatic rings. The maximum Gasteiger partial charge on any atom is 0.146 e. The lowest BCUT2D eigenvalue weighted by atomic mass is 9.88. The van der Waals surface area contributed by atoms with Gasteiger partial charge in [0, 0.05) is 19.1 Å². The zero-order valence-corrected chi connectivity index (χ0v) is 18.0. The van der Waals surface area contributed by atoms with Gasteiger partial charge in [0.05, 0.1) is 25.5 Å². The first-order chi connectivity index (χ1) is 14.0. The average molecular weight is 403 g/mol. The molecule has 0 radical (unpaired) electrons. The summed E-state index contributed by atoms with van der Waals surface area (Å²) in [6.45, 7) is 10.7. The quantitative estimate of drug-likeness (QED) is 0.398. The fourth-order valence-electron chi connectivity index (χ4n) is 3.29. The first kappa shape index (κ1) is 22.7. The van der Waals surface area contributed by atoms with Crippen LogP contribution < -0.4 is 25.7 Å². The third-order valence-corrected chi connectivity index (χ3v) is 4.62. The Morgan fingerprint density at radius 1 is 0.724 bits per heavy atom. The Bertz CT molecular complexity index is 752. The molecule has 6 heteroatoms. The van der Waals surface area contributed by atoms with Crippen molar-refractivity contribution in [3.05, 3.63) is 41.5 Å². The monoisotopic (exact) mass is 402 g/mol. The fraction of sp³-hybridized carbons (Fsp3) is 0.478. The first-order valence-corrected chi connectivity index (χ1v) is 10.3. The molecule has 29 heavy (non-hydrogen) atoms. The van der Waals surface area contributed by atoms with Gasteiger partial charge in [-0.25, -0.2) is 0 Å². The molecule has 0 saturated heterocycles. The highest BCUT2D eigenvalue weighted by molar-refractivity contribution is 5.65. The van der Waals surface area contributed by atoms with Crippen LogP contribution in [0.2, 0.25) is 0 Å². The lowest BCUT2D eigenvalue weighted by Crippen LogP contribution is -2.09. The third kappa shape index (κ3) is 5.94. The Morgan fingerprint density at radius 2 is 1.28 bits per heavy atom. The number of rotatable bonds is 12. The fourth-order valence-corrected chi connectivity index (χ4v) is 3.29. The Morgan fingerprint density at radius 3 is 1.83 bits per heavy atom. The van der Waals surface area contributed by atoms with E-state index in [0.29, 0.717) is 61.7 Å². The molecule has 0 fully saturated rings. The molecule has 0 spiro atoms. The molecule has 2 aromatic rings. The summed E-state index contributed by atoms with van der Waals surface area (Å²) in [5, 5.41) is 0. The van der Waals surface area contributed by atoms with Crippen LogP contribution in [-0.4, -0.2) is 33.0 Å². The van der Waals surface area contributed by atoms with Gasteiger partial charge >= 0.3 is 0 Å². The van der Waals surface area contributed by atoms with E-state index in [2.05, 4.69) is 0 Å². The van der Waals surface area contributed by atoms with Crippen molar-refractivity contribution >= 4 is 11.4 Å². The molecular formula is C23H34N2O4. The number of nitrogens with two attached hydrogens (primary N) is 2. The van der Waals surface area contributed by atoms with Crippen LogP contribution in [0.3, 0.4) is 0 Å². The van der Waals surface area contributed by atoms with Crippen LogP contribution in [0.25, 0.3) is 0 Å². The van der Waals surface area contributed by atoms with Crippen molar-refractivity contribution in [2.75, 3.05) is 44.5 Å². The second kappa shape index (κ2) is 11.4. The second-order valence-electron chi connectivity index (χ2n) is 6.57. The number of nitrogen functional groups attached to an aromatic ring is 2. The van der Waals surface area contributed by atoms with Crippen molar-refractivity contribution in [3.8, 4) is 17.2 Å². The van der Waals surface area contributed by atoms with E-state index in [0.717, 1.165) is 17.5 Å². The summed E-state index contributed by atoms with van der Waals surface area (Å²) in [7, 11) is 0. The van der Waals surface area contributed by atoms with Gasteiger partial charge in [-0.2, -0.15) is 0 Å². The third-order valence-electron chi connectivity index (χ3n) is 4.62. The number of anilines is 2. The summed E-state index contributed by atoms with van der Waals surface area (Å²) in [5.74, 6) is 2.02. The van der Waals surface area contributed by atoms with Crippen LogP contribution in [0.15, 0.2) is 30.3 Å². The van der Waals surface area contributed by atoms with Crippen molar-refractivity contribution in [3.63, 3.8) is 0 Å². The molecule has 0 aliphatic carbocycles. The first-order valence-electron chi connectivity index (χ1n) is 10.3. The molecule has 1 unspecified atom stereocenters. The maximum atomic E-state index is 6.26. The number of benzene rings is 2. The van der Waals surface area contributed by atoms with E-state index < -0.39 is 0 Å². The minimum absolute atomic E-state index is 0.0559. The molecular weight excluding hydrogens is 368 g/mol. The highest BCUT2D eigenvalue weighted by atomic mass is 16.5. The van der Waals surface area contributed by atoms with E-state index in [-0.39, 0.29) is 5.92 Å². The van der Waals surface area contributed by atoms with E-state index in [9.17, 15) is 0 Å². The van der Waals surface area contributed by atoms with Crippen molar-refractivity contribution in [2.45, 2.75) is 40.0 Å². The SMILES string of the molecule is CCOCCC(c1ccc(N)c(OCC)c1)c1cc(OCC)c(N)c(OCC)c1. The van der Waals surface area contributed by atoms with E-state index in [1.54, 1.807) is 0 Å². The number of hydrogen-bond acceptors (Lipinski definition) is 6. The predicted molar refractivity (Wildman–Crippen MR) is 118 cm³/mol. The van der Waals surface area contributed by atoms with Gasteiger partial charge in [-0.05, 0) is 69.5 Å². The Labute approximate surface area is 174 Å². The molecule has 2 rings (SSSR count). The summed E-state index contributed by atoms with van der Waals surface area (Å²) in [5.41, 5.74) is 15.6. The molecule has 0 saturated carbocycles. The molecule has 0 amide bonds. The smallest absolute Gasteiger partial charge is 0.146 e. The second-order valence-corrected chi connectivity index (χ2v) is 6.57. The molecule has 0 aromatic heterocycles. The number of hydrogen-bond donors (Lipinski definition) is 2. The Hall–Kier alpha value is -2.60. The highest BCUT2D eigenvalue weighted by Gasteiger charge is 2.20. The zero-order chi connectivity index (χ0) is 21.2. The van der Waals surface area contributed by atoms with Crippen molar-refractivity contribution < 1.29 is 18.9 Å². The molecule has 2 aromatic carbocycles. The minimum Gasteiger partial charge on any atom is -0.492 e. The lowest BCUT2D eigenvalue weighted by molar-refractivity contribution is 0.142. The van der Waals surface area contributed by atoms with Crippen molar-refractivity contribution in [2.24, 2.45) is 0 Å². The molecule has 6 nitrogen and oxygen atoms in total. The predicted octanol–water partition coefficient (Wildman–Crippen LogP) is 4.61. The summed E-state index contributed by atoms with van der Waals surface area (Å²) in [6, 6.07) is 9.92. The van der Waals surface area contributed by atoms with Crippen molar-refractivity contribution in [1.82, 2.24) is 0 Å². The molecule has 1 atom stereocenters. The highest BCUT2D eigenvalue weighted by Crippen LogP contribution is 2.40. The van der Waals surface area contributed by atoms with Gasteiger partial charge in [-0.1, -0.05) is 6.07 Å². The van der Waals surface area contributed by atoms with E-state index in [1.165, 1.54) is 0 Å². The lowest BCUT2D eigenvalue weighted by Gasteiger charge is -2.22. The van der Waals surface area contributed by atoms with Gasteiger partial charge in [0.25, 0.3) is 0 Å². The Balaban J connectivity index is 2.52. The van der Waals surface area contributed by atoms with Gasteiger partial charge in [-0.3, -0.25) is 0 Å². The number of ether oxygens (including phenoxy) is 4. The van der Waals surface area contributed by atoms with Crippen LogP contribution in [0.1, 0.15) is 51.2 Å². The minimum atomic E-state index is 0.0559. The standard InChI is InChI=1S/C23H34N2O4/c1-5-26-12-11-18(16-9-10-19(24)20(13-16)27-6-2)17-14-21(28-7-3)23(25)22(15-17)29-8-4/h9-10,13-15,18H,5-8,11-12,24-25H2,1-4H3.